The van der Waals surface area contributed by atoms with Crippen molar-refractivity contribution in [2.45, 2.75) is 51.6 Å². The fraction of sp³-hybridized carbons (Fsp3) is 0.316. The van der Waals surface area contributed by atoms with Gasteiger partial charge >= 0.3 is 0 Å². The normalized spacial score (nSPS) is 11.9. The van der Waals surface area contributed by atoms with Gasteiger partial charge in [-0.3, -0.25) is 13.9 Å². The number of sulfonamides is 1. The maximum Gasteiger partial charge on any atom is 0.264 e. The van der Waals surface area contributed by atoms with E-state index in [2.05, 4.69) is 5.32 Å². The predicted octanol–water partition coefficient (Wildman–Crippen LogP) is 7.24. The number of halogens is 2. The summed E-state index contributed by atoms with van der Waals surface area (Å²) in [6.45, 7) is 7.40. The first kappa shape index (κ1) is 38.6. The Bertz CT molecular complexity index is 1900. The summed E-state index contributed by atoms with van der Waals surface area (Å²) in [7, 11) is -1.50. The molecule has 4 rings (SSSR count). The van der Waals surface area contributed by atoms with Gasteiger partial charge < -0.3 is 19.7 Å². The first-order valence-corrected chi connectivity index (χ1v) is 18.3. The van der Waals surface area contributed by atoms with Gasteiger partial charge in [-0.1, -0.05) is 79.5 Å². The van der Waals surface area contributed by atoms with Crippen LogP contribution in [0.3, 0.4) is 0 Å². The van der Waals surface area contributed by atoms with E-state index in [4.69, 9.17) is 32.7 Å². The SMILES string of the molecule is COc1ccc(S(=O)(=O)N(CC(=O)N(Cc2ccc(Cl)c(Cl)c2)C(Cc2ccccc2)C(=O)NCC(C)C)c2cc(C)cc(C)c2)cc1OC. The van der Waals surface area contributed by atoms with Crippen LogP contribution in [0.1, 0.15) is 36.1 Å². The molecule has 4 aromatic carbocycles. The molecular formula is C38H43Cl2N3O6S. The Morgan fingerprint density at radius 2 is 1.46 bits per heavy atom. The largest absolute Gasteiger partial charge is 0.493 e. The molecular weight excluding hydrogens is 697 g/mol. The second kappa shape index (κ2) is 17.1. The number of anilines is 1. The number of hydrogen-bond donors (Lipinski definition) is 1. The van der Waals surface area contributed by atoms with Crippen LogP contribution in [0, 0.1) is 19.8 Å². The molecule has 0 aromatic heterocycles. The summed E-state index contributed by atoms with van der Waals surface area (Å²) in [5.41, 5.74) is 3.35. The average molecular weight is 741 g/mol. The third-order valence-corrected chi connectivity index (χ3v) is 10.5. The Kier molecular flexibility index (Phi) is 13.2. The zero-order chi connectivity index (χ0) is 36.6. The number of carbonyl (C=O) groups is 2. The maximum absolute atomic E-state index is 14.8. The molecule has 0 bridgehead atoms. The van der Waals surface area contributed by atoms with Crippen molar-refractivity contribution in [3.63, 3.8) is 0 Å². The quantitative estimate of drug-likeness (QED) is 0.138. The van der Waals surface area contributed by atoms with Gasteiger partial charge in [0.05, 0.1) is 34.8 Å². The molecule has 12 heteroatoms. The monoisotopic (exact) mass is 739 g/mol. The summed E-state index contributed by atoms with van der Waals surface area (Å²) in [5, 5.41) is 3.61. The smallest absolute Gasteiger partial charge is 0.264 e. The molecule has 50 heavy (non-hydrogen) atoms. The van der Waals surface area contributed by atoms with Crippen LogP contribution in [0.15, 0.2) is 89.8 Å². The van der Waals surface area contributed by atoms with Crippen LogP contribution in [0.25, 0.3) is 0 Å². The zero-order valence-electron chi connectivity index (χ0n) is 29.1. The lowest BCUT2D eigenvalue weighted by molar-refractivity contribution is -0.140. The van der Waals surface area contributed by atoms with E-state index in [9.17, 15) is 18.0 Å². The van der Waals surface area contributed by atoms with Crippen LogP contribution in [-0.2, 0) is 32.6 Å². The van der Waals surface area contributed by atoms with Crippen molar-refractivity contribution in [2.24, 2.45) is 5.92 Å². The van der Waals surface area contributed by atoms with Crippen molar-refractivity contribution in [1.82, 2.24) is 10.2 Å². The number of hydrogen-bond acceptors (Lipinski definition) is 6. The van der Waals surface area contributed by atoms with E-state index in [1.807, 2.05) is 64.1 Å². The Morgan fingerprint density at radius 3 is 2.06 bits per heavy atom. The Balaban J connectivity index is 1.86. The number of ether oxygens (including phenoxy) is 2. The highest BCUT2D eigenvalue weighted by atomic mass is 35.5. The van der Waals surface area contributed by atoms with Gasteiger partial charge in [-0.2, -0.15) is 0 Å². The van der Waals surface area contributed by atoms with Gasteiger partial charge in [0.25, 0.3) is 10.0 Å². The summed E-state index contributed by atoms with van der Waals surface area (Å²) in [6, 6.07) is 22.9. The zero-order valence-corrected chi connectivity index (χ0v) is 31.4. The molecule has 9 nitrogen and oxygen atoms in total. The molecule has 4 aromatic rings. The lowest BCUT2D eigenvalue weighted by Gasteiger charge is -2.34. The van der Waals surface area contributed by atoms with Crippen molar-refractivity contribution < 1.29 is 27.5 Å². The molecule has 0 saturated carbocycles. The molecule has 0 spiro atoms. The predicted molar refractivity (Wildman–Crippen MR) is 199 cm³/mol. The average Bonchev–Trinajstić information content (AvgIpc) is 3.08. The minimum atomic E-state index is -4.37. The number of amides is 2. The minimum absolute atomic E-state index is 0.0422. The van der Waals surface area contributed by atoms with E-state index in [0.717, 1.165) is 21.0 Å². The van der Waals surface area contributed by atoms with Gasteiger partial charge in [-0.05, 0) is 78.4 Å². The van der Waals surface area contributed by atoms with Crippen molar-refractivity contribution in [2.75, 3.05) is 31.6 Å². The lowest BCUT2D eigenvalue weighted by Crippen LogP contribution is -2.53. The lowest BCUT2D eigenvalue weighted by atomic mass is 10.0. The van der Waals surface area contributed by atoms with Crippen molar-refractivity contribution >= 4 is 50.7 Å². The number of aryl methyl sites for hydroxylation is 2. The van der Waals surface area contributed by atoms with E-state index in [0.29, 0.717) is 28.6 Å². The van der Waals surface area contributed by atoms with E-state index < -0.39 is 28.5 Å². The molecule has 0 radical (unpaired) electrons. The van der Waals surface area contributed by atoms with Gasteiger partial charge in [0.15, 0.2) is 11.5 Å². The summed E-state index contributed by atoms with van der Waals surface area (Å²) < 4.78 is 40.9. The number of carbonyl (C=O) groups excluding carboxylic acids is 2. The Labute approximate surface area is 305 Å². The molecule has 0 aliphatic rings. The van der Waals surface area contributed by atoms with Crippen LogP contribution in [0.5, 0.6) is 11.5 Å². The second-order valence-corrected chi connectivity index (χ2v) is 15.2. The molecule has 0 aliphatic carbocycles. The fourth-order valence-electron chi connectivity index (χ4n) is 5.54. The molecule has 2 amide bonds. The molecule has 266 valence electrons. The highest BCUT2D eigenvalue weighted by Gasteiger charge is 2.35. The van der Waals surface area contributed by atoms with Gasteiger partial charge in [0.2, 0.25) is 11.8 Å². The van der Waals surface area contributed by atoms with E-state index in [1.165, 1.54) is 37.3 Å². The Morgan fingerprint density at radius 1 is 0.800 bits per heavy atom. The summed E-state index contributed by atoms with van der Waals surface area (Å²) >= 11 is 12.6. The van der Waals surface area contributed by atoms with Crippen LogP contribution < -0.4 is 19.1 Å². The fourth-order valence-corrected chi connectivity index (χ4v) is 7.27. The van der Waals surface area contributed by atoms with Gasteiger partial charge in [-0.25, -0.2) is 8.42 Å². The number of nitrogens with zero attached hydrogens (tertiary/aromatic N) is 2. The van der Waals surface area contributed by atoms with Crippen molar-refractivity contribution in [3.05, 3.63) is 117 Å². The van der Waals surface area contributed by atoms with Crippen LogP contribution in [0.4, 0.5) is 5.69 Å². The summed E-state index contributed by atoms with van der Waals surface area (Å²) in [6.07, 6.45) is 0.184. The molecule has 0 aliphatic heterocycles. The van der Waals surface area contributed by atoms with E-state index >= 15 is 0 Å². The van der Waals surface area contributed by atoms with E-state index in [-0.39, 0.29) is 40.5 Å². The minimum Gasteiger partial charge on any atom is -0.493 e. The molecule has 1 N–H and O–H groups in total. The Hall–Kier alpha value is -4.25. The number of rotatable bonds is 15. The van der Waals surface area contributed by atoms with Crippen LogP contribution in [0.2, 0.25) is 10.0 Å². The number of benzene rings is 4. The van der Waals surface area contributed by atoms with Gasteiger partial charge in [-0.15, -0.1) is 0 Å². The summed E-state index contributed by atoms with van der Waals surface area (Å²) in [4.78, 5) is 30.1. The van der Waals surface area contributed by atoms with Crippen molar-refractivity contribution in [1.29, 1.82) is 0 Å². The molecule has 0 saturated heterocycles. The summed E-state index contributed by atoms with van der Waals surface area (Å²) in [5.74, 6) is -0.241. The van der Waals surface area contributed by atoms with Crippen LogP contribution in [-0.4, -0.2) is 58.5 Å². The third kappa shape index (κ3) is 9.71. The highest BCUT2D eigenvalue weighted by molar-refractivity contribution is 7.92. The molecule has 0 heterocycles. The topological polar surface area (TPSA) is 105 Å². The highest BCUT2D eigenvalue weighted by Crippen LogP contribution is 2.33. The van der Waals surface area contributed by atoms with Crippen molar-refractivity contribution in [3.8, 4) is 11.5 Å². The first-order chi connectivity index (χ1) is 23.7. The van der Waals surface area contributed by atoms with E-state index in [1.54, 1.807) is 30.3 Å². The second-order valence-electron chi connectivity index (χ2n) is 12.5. The third-order valence-electron chi connectivity index (χ3n) is 8.01. The van der Waals surface area contributed by atoms with Crippen LogP contribution >= 0.6 is 23.2 Å². The molecule has 0 fully saturated rings. The standard InChI is InChI=1S/C38H43Cl2N3O6S/c1-25(2)22-41-38(45)34(20-28-10-8-7-9-11-28)42(23-29-12-14-32(39)33(40)19-29)37(44)24-43(30-17-26(3)16-27(4)18-30)50(46,47)31-13-15-35(48-5)36(21-31)49-6/h7-19,21,25,34H,20,22-24H2,1-6H3,(H,41,45). The van der Waals surface area contributed by atoms with Gasteiger partial charge in [0.1, 0.15) is 12.6 Å². The number of methoxy groups -OCH3 is 2. The molecule has 1 unspecified atom stereocenters. The maximum atomic E-state index is 14.8. The number of nitrogens with one attached hydrogen (secondary N) is 1. The molecule has 1 atom stereocenters. The van der Waals surface area contributed by atoms with Gasteiger partial charge in [0, 0.05) is 25.6 Å². The first-order valence-electron chi connectivity index (χ1n) is 16.1.